The first-order chi connectivity index (χ1) is 7.81. The van der Waals surface area contributed by atoms with Crippen molar-refractivity contribution in [3.05, 3.63) is 60.2 Å². The summed E-state index contributed by atoms with van der Waals surface area (Å²) in [4.78, 5) is 0. The normalized spacial score (nSPS) is 23.0. The topological polar surface area (TPSA) is 17.1 Å². The summed E-state index contributed by atoms with van der Waals surface area (Å²) in [5.41, 5.74) is 1.26. The summed E-state index contributed by atoms with van der Waals surface area (Å²) in [6.07, 6.45) is 1.73. The van der Waals surface area contributed by atoms with Gasteiger partial charge < -0.3 is 4.57 Å². The number of rotatable bonds is 1. The molecule has 1 aliphatic heterocycles. The van der Waals surface area contributed by atoms with Crippen LogP contribution in [0, 0.1) is 0 Å². The quantitative estimate of drug-likeness (QED) is 0.685. The van der Waals surface area contributed by atoms with Crippen LogP contribution in [0.4, 0.5) is 0 Å². The highest BCUT2D eigenvalue weighted by Crippen LogP contribution is 2.48. The van der Waals surface area contributed by atoms with Gasteiger partial charge in [0.05, 0.1) is 0 Å². The van der Waals surface area contributed by atoms with Gasteiger partial charge in [0.1, 0.15) is 7.14 Å². The highest BCUT2D eigenvalue weighted by atomic mass is 31.2. The van der Waals surface area contributed by atoms with E-state index in [0.29, 0.717) is 0 Å². The van der Waals surface area contributed by atoms with Gasteiger partial charge in [-0.25, -0.2) is 0 Å². The van der Waals surface area contributed by atoms with E-state index in [1.807, 2.05) is 48.5 Å². The van der Waals surface area contributed by atoms with Crippen LogP contribution in [0.1, 0.15) is 5.56 Å². The molecule has 0 aromatic heterocycles. The Balaban J connectivity index is 2.20. The van der Waals surface area contributed by atoms with Crippen LogP contribution in [0.15, 0.2) is 54.6 Å². The minimum Gasteiger partial charge on any atom is -0.314 e. The molecule has 0 saturated heterocycles. The number of hydrogen-bond donors (Lipinski definition) is 0. The summed E-state index contributed by atoms with van der Waals surface area (Å²) in [6.45, 7) is 0. The average molecular weight is 228 g/mol. The van der Waals surface area contributed by atoms with Crippen molar-refractivity contribution in [3.8, 4) is 0 Å². The van der Waals surface area contributed by atoms with Crippen LogP contribution in [0.25, 0.3) is 0 Å². The predicted octanol–water partition coefficient (Wildman–Crippen LogP) is 2.56. The average Bonchev–Trinajstić information content (AvgIpc) is 2.71. The molecule has 1 nitrogen and oxygen atoms in total. The molecule has 2 aromatic carbocycles. The molecule has 1 atom stereocenters. The number of hydrogen-bond acceptors (Lipinski definition) is 1. The molecule has 3 rings (SSSR count). The second kappa shape index (κ2) is 3.61. The monoisotopic (exact) mass is 228 g/mol. The minimum absolute atomic E-state index is 0.788. The smallest absolute Gasteiger partial charge is 0.143 e. The van der Waals surface area contributed by atoms with E-state index in [4.69, 9.17) is 0 Å². The van der Waals surface area contributed by atoms with E-state index < -0.39 is 7.14 Å². The molecule has 0 saturated carbocycles. The second-order valence-electron chi connectivity index (χ2n) is 4.18. The van der Waals surface area contributed by atoms with Crippen molar-refractivity contribution in [3.63, 3.8) is 0 Å². The molecular weight excluding hydrogens is 215 g/mol. The summed E-state index contributed by atoms with van der Waals surface area (Å²) in [7, 11) is -2.31. The number of aryl methyl sites for hydroxylation is 1. The third kappa shape index (κ3) is 1.36. The van der Waals surface area contributed by atoms with Gasteiger partial charge in [-0.2, -0.15) is 0 Å². The summed E-state index contributed by atoms with van der Waals surface area (Å²) >= 11 is 0. The zero-order valence-electron chi connectivity index (χ0n) is 8.97. The van der Waals surface area contributed by atoms with Gasteiger partial charge in [0, 0.05) is 16.8 Å². The van der Waals surface area contributed by atoms with Gasteiger partial charge in [-0.1, -0.05) is 54.6 Å². The Bertz CT molecular complexity index is 560. The first-order valence-corrected chi connectivity index (χ1v) is 7.43. The molecule has 0 spiro atoms. The van der Waals surface area contributed by atoms with Gasteiger partial charge in [-0.3, -0.25) is 0 Å². The Kier molecular flexibility index (Phi) is 2.22. The fourth-order valence-electron chi connectivity index (χ4n) is 2.41. The van der Waals surface area contributed by atoms with E-state index in [0.717, 1.165) is 23.2 Å². The molecule has 1 aliphatic rings. The van der Waals surface area contributed by atoms with Crippen molar-refractivity contribution in [1.82, 2.24) is 0 Å². The van der Waals surface area contributed by atoms with Crippen LogP contribution in [-0.4, -0.2) is 6.16 Å². The van der Waals surface area contributed by atoms with Gasteiger partial charge in [-0.05, 0) is 12.0 Å². The first kappa shape index (κ1) is 9.86. The molecule has 0 amide bonds. The van der Waals surface area contributed by atoms with Crippen LogP contribution in [-0.2, 0) is 11.0 Å². The number of fused-ring (bicyclic) bond motifs is 1. The number of benzene rings is 2. The van der Waals surface area contributed by atoms with Crippen LogP contribution in [0.2, 0.25) is 0 Å². The molecule has 2 heteroatoms. The molecule has 80 valence electrons. The molecule has 0 unspecified atom stereocenters. The Morgan fingerprint density at radius 2 is 1.56 bits per heavy atom. The van der Waals surface area contributed by atoms with Crippen LogP contribution >= 0.6 is 7.14 Å². The molecule has 16 heavy (non-hydrogen) atoms. The van der Waals surface area contributed by atoms with Crippen molar-refractivity contribution < 1.29 is 4.57 Å². The minimum atomic E-state index is -2.31. The predicted molar refractivity (Wildman–Crippen MR) is 68.3 cm³/mol. The highest BCUT2D eigenvalue weighted by Gasteiger charge is 2.34. The third-order valence-electron chi connectivity index (χ3n) is 3.25. The zero-order chi connectivity index (χ0) is 11.0. The second-order valence-corrected chi connectivity index (χ2v) is 7.10. The van der Waals surface area contributed by atoms with Gasteiger partial charge >= 0.3 is 0 Å². The fourth-order valence-corrected chi connectivity index (χ4v) is 5.37. The molecule has 0 N–H and O–H groups in total. The molecule has 0 radical (unpaired) electrons. The van der Waals surface area contributed by atoms with Crippen molar-refractivity contribution >= 4 is 17.8 Å². The summed E-state index contributed by atoms with van der Waals surface area (Å²) in [6, 6.07) is 18.0. The van der Waals surface area contributed by atoms with Crippen molar-refractivity contribution in [2.75, 3.05) is 6.16 Å². The largest absolute Gasteiger partial charge is 0.314 e. The highest BCUT2D eigenvalue weighted by molar-refractivity contribution is 7.79. The summed E-state index contributed by atoms with van der Waals surface area (Å²) in [5.74, 6) is 0. The Labute approximate surface area is 95.5 Å². The molecule has 0 aliphatic carbocycles. The maximum absolute atomic E-state index is 13.0. The van der Waals surface area contributed by atoms with E-state index in [1.54, 1.807) is 0 Å². The Morgan fingerprint density at radius 1 is 0.875 bits per heavy atom. The van der Waals surface area contributed by atoms with E-state index in [2.05, 4.69) is 6.07 Å². The first-order valence-electron chi connectivity index (χ1n) is 5.54. The maximum atomic E-state index is 13.0. The maximum Gasteiger partial charge on any atom is 0.143 e. The van der Waals surface area contributed by atoms with E-state index in [1.165, 1.54) is 5.56 Å². The molecule has 0 fully saturated rings. The van der Waals surface area contributed by atoms with Crippen molar-refractivity contribution in [1.29, 1.82) is 0 Å². The van der Waals surface area contributed by atoms with Gasteiger partial charge in [0.25, 0.3) is 0 Å². The van der Waals surface area contributed by atoms with Crippen molar-refractivity contribution in [2.24, 2.45) is 0 Å². The Morgan fingerprint density at radius 3 is 2.38 bits per heavy atom. The van der Waals surface area contributed by atoms with E-state index in [-0.39, 0.29) is 0 Å². The zero-order valence-corrected chi connectivity index (χ0v) is 9.86. The lowest BCUT2D eigenvalue weighted by atomic mass is 10.2. The summed E-state index contributed by atoms with van der Waals surface area (Å²) < 4.78 is 13.0. The van der Waals surface area contributed by atoms with E-state index >= 15 is 0 Å². The SMILES string of the molecule is O=[P@]1(c2ccccc2)CCc2ccccc21. The van der Waals surface area contributed by atoms with Crippen LogP contribution < -0.4 is 10.6 Å². The lowest BCUT2D eigenvalue weighted by Crippen LogP contribution is -2.14. The summed E-state index contributed by atoms with van der Waals surface area (Å²) in [5, 5.41) is 2.07. The molecule has 0 bridgehead atoms. The van der Waals surface area contributed by atoms with Gasteiger partial charge in [0.15, 0.2) is 0 Å². The lowest BCUT2D eigenvalue weighted by Gasteiger charge is -2.13. The van der Waals surface area contributed by atoms with Gasteiger partial charge in [0.2, 0.25) is 0 Å². The fraction of sp³-hybridized carbons (Fsp3) is 0.143. The van der Waals surface area contributed by atoms with Crippen LogP contribution in [0.3, 0.4) is 0 Å². The molecule has 1 heterocycles. The molecule has 2 aromatic rings. The molecular formula is C14H13OP. The van der Waals surface area contributed by atoms with Crippen LogP contribution in [0.5, 0.6) is 0 Å². The van der Waals surface area contributed by atoms with Gasteiger partial charge in [-0.15, -0.1) is 0 Å². The third-order valence-corrected chi connectivity index (χ3v) is 6.45. The standard InChI is InChI=1S/C14H13OP/c15-16(13-7-2-1-3-8-13)11-10-12-6-4-5-9-14(12)16/h1-9H,10-11H2/t16-/m0/s1. The Hall–Kier alpha value is -1.33. The van der Waals surface area contributed by atoms with Crippen molar-refractivity contribution in [2.45, 2.75) is 6.42 Å². The lowest BCUT2D eigenvalue weighted by molar-refractivity contribution is 0.588. The van der Waals surface area contributed by atoms with E-state index in [9.17, 15) is 4.57 Å².